The van der Waals surface area contributed by atoms with E-state index >= 15 is 0 Å². The van der Waals surface area contributed by atoms with Crippen molar-refractivity contribution in [2.75, 3.05) is 18.5 Å². The van der Waals surface area contributed by atoms with Gasteiger partial charge in [-0.15, -0.1) is 0 Å². The van der Waals surface area contributed by atoms with Crippen molar-refractivity contribution in [1.29, 1.82) is 0 Å². The highest BCUT2D eigenvalue weighted by atomic mass is 127. The Morgan fingerprint density at radius 2 is 2.17 bits per heavy atom. The van der Waals surface area contributed by atoms with Crippen LogP contribution in [0.1, 0.15) is 15.9 Å². The summed E-state index contributed by atoms with van der Waals surface area (Å²) in [5.74, 6) is -0.479. The number of hydrogen-bond acceptors (Lipinski definition) is 6. The average Bonchev–Trinajstić information content (AvgIpc) is 2.57. The lowest BCUT2D eigenvalue weighted by Gasteiger charge is -2.14. The zero-order valence-corrected chi connectivity index (χ0v) is 15.1. The van der Waals surface area contributed by atoms with Crippen LogP contribution >= 0.6 is 22.6 Å². The first-order valence-corrected chi connectivity index (χ1v) is 8.27. The summed E-state index contributed by atoms with van der Waals surface area (Å²) < 4.78 is 1.12. The minimum absolute atomic E-state index is 0.202. The van der Waals surface area contributed by atoms with Crippen molar-refractivity contribution < 1.29 is 19.8 Å². The van der Waals surface area contributed by atoms with Gasteiger partial charge in [0.25, 0.3) is 5.91 Å². The van der Waals surface area contributed by atoms with E-state index in [-0.39, 0.29) is 6.61 Å². The number of carbonyl (C=O) groups is 1. The van der Waals surface area contributed by atoms with Gasteiger partial charge < -0.3 is 15.5 Å². The van der Waals surface area contributed by atoms with Gasteiger partial charge in [-0.25, -0.2) is 5.48 Å². The lowest BCUT2D eigenvalue weighted by Crippen LogP contribution is -2.30. The molecule has 1 aromatic heterocycles. The van der Waals surface area contributed by atoms with Crippen LogP contribution in [-0.4, -0.2) is 40.4 Å². The Morgan fingerprint density at radius 1 is 1.38 bits per heavy atom. The molecule has 7 nitrogen and oxygen atoms in total. The third kappa shape index (κ3) is 5.13. The van der Waals surface area contributed by atoms with Crippen molar-refractivity contribution in [2.24, 2.45) is 0 Å². The first kappa shape index (κ1) is 18.6. The summed E-state index contributed by atoms with van der Waals surface area (Å²) >= 11 is 2.23. The molecule has 2 aromatic rings. The van der Waals surface area contributed by atoms with Gasteiger partial charge in [0.1, 0.15) is 12.7 Å². The Bertz CT molecular complexity index is 711. The Hall–Kier alpha value is -1.75. The van der Waals surface area contributed by atoms with E-state index in [0.29, 0.717) is 11.3 Å². The summed E-state index contributed by atoms with van der Waals surface area (Å²) in [4.78, 5) is 21.1. The topological polar surface area (TPSA) is 104 Å². The van der Waals surface area contributed by atoms with Crippen LogP contribution in [0.3, 0.4) is 0 Å². The van der Waals surface area contributed by atoms with Crippen molar-refractivity contribution >= 4 is 39.9 Å². The highest BCUT2D eigenvalue weighted by molar-refractivity contribution is 14.1. The molecule has 0 aliphatic heterocycles. The molecule has 0 unspecified atom stereocenters. The number of amides is 1. The van der Waals surface area contributed by atoms with Gasteiger partial charge in [0.2, 0.25) is 0 Å². The number of benzene rings is 1. The summed E-state index contributed by atoms with van der Waals surface area (Å²) in [5.41, 5.74) is 5.03. The maximum absolute atomic E-state index is 12.2. The van der Waals surface area contributed by atoms with Crippen molar-refractivity contribution in [3.63, 3.8) is 0 Å². The summed E-state index contributed by atoms with van der Waals surface area (Å²) in [7, 11) is 0. The molecule has 1 heterocycles. The molecule has 1 aromatic carbocycles. The van der Waals surface area contributed by atoms with Crippen LogP contribution in [0.4, 0.5) is 11.4 Å². The van der Waals surface area contributed by atoms with Crippen molar-refractivity contribution in [1.82, 2.24) is 10.5 Å². The number of pyridine rings is 1. The fourth-order valence-electron chi connectivity index (χ4n) is 1.92. The molecule has 0 spiro atoms. The smallest absolute Gasteiger partial charge is 0.277 e. The number of halogens is 1. The summed E-state index contributed by atoms with van der Waals surface area (Å²) in [6.45, 7) is 1.33. The first-order valence-electron chi connectivity index (χ1n) is 7.19. The zero-order chi connectivity index (χ0) is 17.5. The molecule has 2 rings (SSSR count). The Labute approximate surface area is 153 Å². The van der Waals surface area contributed by atoms with Gasteiger partial charge in [-0.1, -0.05) is 0 Å². The number of rotatable bonds is 7. The van der Waals surface area contributed by atoms with Crippen molar-refractivity contribution in [3.05, 3.63) is 51.4 Å². The van der Waals surface area contributed by atoms with Crippen LogP contribution in [-0.2, 0) is 4.84 Å². The molecule has 24 heavy (non-hydrogen) atoms. The van der Waals surface area contributed by atoms with Crippen LogP contribution in [0.5, 0.6) is 0 Å². The second kappa shape index (κ2) is 8.92. The molecule has 0 saturated carbocycles. The van der Waals surface area contributed by atoms with Gasteiger partial charge in [0, 0.05) is 15.5 Å². The van der Waals surface area contributed by atoms with E-state index in [1.54, 1.807) is 12.3 Å². The highest BCUT2D eigenvalue weighted by Crippen LogP contribution is 2.24. The molecule has 0 bridgehead atoms. The van der Waals surface area contributed by atoms with E-state index in [2.05, 4.69) is 38.4 Å². The average molecular weight is 443 g/mol. The summed E-state index contributed by atoms with van der Waals surface area (Å²) in [6, 6.07) is 7.48. The number of anilines is 2. The quantitative estimate of drug-likeness (QED) is 0.384. The second-order valence-electron chi connectivity index (χ2n) is 5.08. The van der Waals surface area contributed by atoms with Crippen LogP contribution < -0.4 is 10.8 Å². The van der Waals surface area contributed by atoms with E-state index in [1.165, 1.54) is 6.20 Å². The maximum atomic E-state index is 12.2. The van der Waals surface area contributed by atoms with E-state index in [1.807, 2.05) is 25.1 Å². The molecule has 128 valence electrons. The van der Waals surface area contributed by atoms with Gasteiger partial charge in [-0.2, -0.15) is 0 Å². The minimum Gasteiger partial charge on any atom is -0.394 e. The number of nitrogens with one attached hydrogen (secondary N) is 2. The summed E-state index contributed by atoms with van der Waals surface area (Å²) in [6.07, 6.45) is 2.01. The van der Waals surface area contributed by atoms with Crippen molar-refractivity contribution in [2.45, 2.75) is 13.0 Å². The monoisotopic (exact) mass is 443 g/mol. The van der Waals surface area contributed by atoms with Crippen LogP contribution in [0.25, 0.3) is 0 Å². The predicted molar refractivity (Wildman–Crippen MR) is 97.9 cm³/mol. The zero-order valence-electron chi connectivity index (χ0n) is 13.0. The molecule has 0 aliphatic carbocycles. The van der Waals surface area contributed by atoms with Gasteiger partial charge in [0.05, 0.1) is 24.1 Å². The second-order valence-corrected chi connectivity index (χ2v) is 6.33. The maximum Gasteiger partial charge on any atom is 0.277 e. The molecule has 0 radical (unpaired) electrons. The highest BCUT2D eigenvalue weighted by Gasteiger charge is 2.13. The summed E-state index contributed by atoms with van der Waals surface area (Å²) in [5, 5.41) is 21.1. The normalized spacial score (nSPS) is 11.8. The minimum atomic E-state index is -1.05. The predicted octanol–water partition coefficient (Wildman–Crippen LogP) is 1.75. The SMILES string of the molecule is Cc1cc(I)ccc1Nc1cnccc1C(=O)NOC[C@H](O)CO. The van der Waals surface area contributed by atoms with Crippen LogP contribution in [0.15, 0.2) is 36.7 Å². The number of hydrogen-bond donors (Lipinski definition) is 4. The Kier molecular flexibility index (Phi) is 6.91. The van der Waals surface area contributed by atoms with E-state index in [0.717, 1.165) is 14.8 Å². The van der Waals surface area contributed by atoms with Gasteiger partial charge in [-0.3, -0.25) is 14.6 Å². The van der Waals surface area contributed by atoms with Gasteiger partial charge >= 0.3 is 0 Å². The number of hydroxylamine groups is 1. The third-order valence-electron chi connectivity index (χ3n) is 3.17. The Balaban J connectivity index is 2.10. The van der Waals surface area contributed by atoms with E-state index in [4.69, 9.17) is 9.94 Å². The first-order chi connectivity index (χ1) is 11.5. The molecule has 8 heteroatoms. The lowest BCUT2D eigenvalue weighted by molar-refractivity contribution is -0.0295. The molecule has 0 aliphatic rings. The number of carbonyl (C=O) groups excluding carboxylic acids is 1. The molecule has 0 fully saturated rings. The number of aryl methyl sites for hydroxylation is 1. The van der Waals surface area contributed by atoms with Gasteiger partial charge in [0.15, 0.2) is 0 Å². The van der Waals surface area contributed by atoms with Crippen molar-refractivity contribution in [3.8, 4) is 0 Å². The number of nitrogens with zero attached hydrogens (tertiary/aromatic N) is 1. The van der Waals surface area contributed by atoms with Gasteiger partial charge in [-0.05, 0) is 59.3 Å². The molecule has 1 amide bonds. The molecular formula is C16H18IN3O4. The van der Waals surface area contributed by atoms with E-state index in [9.17, 15) is 9.90 Å². The fraction of sp³-hybridized carbons (Fsp3) is 0.250. The van der Waals surface area contributed by atoms with E-state index < -0.39 is 18.6 Å². The molecule has 4 N–H and O–H groups in total. The number of aliphatic hydroxyl groups is 2. The standard InChI is InChI=1S/C16H18IN3O4/c1-10-6-11(17)2-3-14(10)19-15-7-18-5-4-13(15)16(23)20-24-9-12(22)8-21/h2-7,12,19,21-22H,8-9H2,1H3,(H,20,23)/t12-/m1/s1. The third-order valence-corrected chi connectivity index (χ3v) is 3.85. The lowest BCUT2D eigenvalue weighted by atomic mass is 10.1. The largest absolute Gasteiger partial charge is 0.394 e. The molecule has 0 saturated heterocycles. The number of aliphatic hydroxyl groups excluding tert-OH is 2. The fourth-order valence-corrected chi connectivity index (χ4v) is 2.56. The number of aromatic nitrogens is 1. The van der Waals surface area contributed by atoms with Crippen LogP contribution in [0.2, 0.25) is 0 Å². The molecular weight excluding hydrogens is 425 g/mol. The molecule has 1 atom stereocenters. The Morgan fingerprint density at radius 3 is 2.88 bits per heavy atom. The van der Waals surface area contributed by atoms with Crippen LogP contribution in [0, 0.1) is 10.5 Å².